The lowest BCUT2D eigenvalue weighted by Crippen LogP contribution is -2.46. The molecule has 0 aliphatic heterocycles. The molecule has 0 spiro atoms. The first-order chi connectivity index (χ1) is 10.0. The van der Waals surface area contributed by atoms with Crippen LogP contribution in [0.2, 0.25) is 0 Å². The smallest absolute Gasteiger partial charge is 0.191 e. The molecule has 2 N–H and O–H groups in total. The van der Waals surface area contributed by atoms with Crippen LogP contribution in [0.25, 0.3) is 0 Å². The Morgan fingerprint density at radius 3 is 2.48 bits per heavy atom. The zero-order valence-corrected chi connectivity index (χ0v) is 13.6. The van der Waals surface area contributed by atoms with E-state index in [-0.39, 0.29) is 12.1 Å². The number of hydrogen-bond acceptors (Lipinski definition) is 3. The summed E-state index contributed by atoms with van der Waals surface area (Å²) in [6.45, 7) is 7.44. The van der Waals surface area contributed by atoms with Crippen LogP contribution in [0, 0.1) is 6.92 Å². The molecule has 0 saturated heterocycles. The van der Waals surface area contributed by atoms with E-state index in [0.717, 1.165) is 11.7 Å². The SMILES string of the molecule is CN=C(NCC(C)Oc1ccc(C)cc1)NC(C)COC. The molecule has 5 heteroatoms. The molecule has 0 radical (unpaired) electrons. The lowest BCUT2D eigenvalue weighted by Gasteiger charge is -2.20. The van der Waals surface area contributed by atoms with Gasteiger partial charge >= 0.3 is 0 Å². The molecule has 1 aromatic rings. The lowest BCUT2D eigenvalue weighted by molar-refractivity contribution is 0.178. The van der Waals surface area contributed by atoms with Crippen LogP contribution in [-0.4, -0.2) is 45.4 Å². The third-order valence-electron chi connectivity index (χ3n) is 2.94. The third kappa shape index (κ3) is 6.99. The zero-order chi connectivity index (χ0) is 15.7. The molecule has 0 heterocycles. The number of aryl methyl sites for hydroxylation is 1. The van der Waals surface area contributed by atoms with Gasteiger partial charge < -0.3 is 20.1 Å². The minimum absolute atomic E-state index is 0.0454. The van der Waals surface area contributed by atoms with Crippen molar-refractivity contribution in [2.24, 2.45) is 4.99 Å². The number of nitrogens with one attached hydrogen (secondary N) is 2. The number of nitrogens with zero attached hydrogens (tertiary/aromatic N) is 1. The van der Waals surface area contributed by atoms with Gasteiger partial charge in [-0.1, -0.05) is 17.7 Å². The fourth-order valence-corrected chi connectivity index (χ4v) is 1.85. The van der Waals surface area contributed by atoms with E-state index >= 15 is 0 Å². The maximum absolute atomic E-state index is 5.85. The maximum Gasteiger partial charge on any atom is 0.191 e. The van der Waals surface area contributed by atoms with Gasteiger partial charge in [0.2, 0.25) is 0 Å². The molecule has 21 heavy (non-hydrogen) atoms. The fourth-order valence-electron chi connectivity index (χ4n) is 1.85. The van der Waals surface area contributed by atoms with Crippen molar-refractivity contribution in [2.45, 2.75) is 32.9 Å². The number of hydrogen-bond donors (Lipinski definition) is 2. The molecule has 1 aromatic carbocycles. The second-order valence-corrected chi connectivity index (χ2v) is 5.20. The number of ether oxygens (including phenoxy) is 2. The van der Waals surface area contributed by atoms with Gasteiger partial charge in [0.15, 0.2) is 5.96 Å². The predicted molar refractivity (Wildman–Crippen MR) is 87.1 cm³/mol. The molecule has 0 saturated carbocycles. The highest BCUT2D eigenvalue weighted by Gasteiger charge is 2.08. The average Bonchev–Trinajstić information content (AvgIpc) is 2.46. The summed E-state index contributed by atoms with van der Waals surface area (Å²) in [7, 11) is 3.44. The Morgan fingerprint density at radius 2 is 1.90 bits per heavy atom. The van der Waals surface area contributed by atoms with E-state index in [0.29, 0.717) is 13.2 Å². The number of rotatable bonds is 7. The van der Waals surface area contributed by atoms with Gasteiger partial charge in [0, 0.05) is 20.2 Å². The molecule has 0 bridgehead atoms. The van der Waals surface area contributed by atoms with Gasteiger partial charge in [-0.25, -0.2) is 0 Å². The normalized spacial score (nSPS) is 14.4. The van der Waals surface area contributed by atoms with Crippen molar-refractivity contribution in [3.8, 4) is 5.75 Å². The Morgan fingerprint density at radius 1 is 1.24 bits per heavy atom. The summed E-state index contributed by atoms with van der Waals surface area (Å²) in [5, 5.41) is 6.50. The van der Waals surface area contributed by atoms with E-state index in [9.17, 15) is 0 Å². The van der Waals surface area contributed by atoms with Gasteiger partial charge in [0.1, 0.15) is 11.9 Å². The second kappa shape index (κ2) is 9.23. The van der Waals surface area contributed by atoms with Crippen molar-refractivity contribution in [3.05, 3.63) is 29.8 Å². The van der Waals surface area contributed by atoms with Gasteiger partial charge in [0.25, 0.3) is 0 Å². The second-order valence-electron chi connectivity index (χ2n) is 5.20. The Labute approximate surface area is 127 Å². The van der Waals surface area contributed by atoms with Crippen molar-refractivity contribution >= 4 is 5.96 Å². The van der Waals surface area contributed by atoms with Gasteiger partial charge in [0.05, 0.1) is 13.2 Å². The first-order valence-corrected chi connectivity index (χ1v) is 7.24. The summed E-state index contributed by atoms with van der Waals surface area (Å²) in [5.41, 5.74) is 1.23. The first-order valence-electron chi connectivity index (χ1n) is 7.24. The van der Waals surface area contributed by atoms with Crippen molar-refractivity contribution in [1.29, 1.82) is 0 Å². The topological polar surface area (TPSA) is 54.9 Å². The van der Waals surface area contributed by atoms with Crippen molar-refractivity contribution < 1.29 is 9.47 Å². The highest BCUT2D eigenvalue weighted by atomic mass is 16.5. The van der Waals surface area contributed by atoms with E-state index in [2.05, 4.69) is 22.5 Å². The summed E-state index contributed by atoms with van der Waals surface area (Å²) in [6, 6.07) is 8.26. The molecule has 0 aliphatic carbocycles. The van der Waals surface area contributed by atoms with E-state index in [1.54, 1.807) is 14.2 Å². The maximum atomic E-state index is 5.85. The lowest BCUT2D eigenvalue weighted by atomic mass is 10.2. The predicted octanol–water partition coefficient (Wildman–Crippen LogP) is 1.96. The third-order valence-corrected chi connectivity index (χ3v) is 2.94. The van der Waals surface area contributed by atoms with Crippen LogP contribution in [0.5, 0.6) is 5.75 Å². The van der Waals surface area contributed by atoms with E-state index in [4.69, 9.17) is 9.47 Å². The van der Waals surface area contributed by atoms with E-state index < -0.39 is 0 Å². The number of benzene rings is 1. The fraction of sp³-hybridized carbons (Fsp3) is 0.562. The highest BCUT2D eigenvalue weighted by molar-refractivity contribution is 5.79. The van der Waals surface area contributed by atoms with E-state index in [1.807, 2.05) is 38.1 Å². The molecule has 0 fully saturated rings. The van der Waals surface area contributed by atoms with Crippen LogP contribution < -0.4 is 15.4 Å². The number of methoxy groups -OCH3 is 1. The monoisotopic (exact) mass is 293 g/mol. The van der Waals surface area contributed by atoms with Crippen molar-refractivity contribution in [3.63, 3.8) is 0 Å². The first kappa shape index (κ1) is 17.3. The van der Waals surface area contributed by atoms with Gasteiger partial charge in [-0.3, -0.25) is 4.99 Å². The minimum atomic E-state index is 0.0454. The van der Waals surface area contributed by atoms with Crippen molar-refractivity contribution in [2.75, 3.05) is 27.3 Å². The molecular formula is C16H27N3O2. The molecule has 1 rings (SSSR count). The largest absolute Gasteiger partial charge is 0.489 e. The molecule has 2 unspecified atom stereocenters. The van der Waals surface area contributed by atoms with Crippen LogP contribution in [-0.2, 0) is 4.74 Å². The van der Waals surface area contributed by atoms with Gasteiger partial charge in [-0.05, 0) is 32.9 Å². The molecule has 0 aromatic heterocycles. The highest BCUT2D eigenvalue weighted by Crippen LogP contribution is 2.12. The van der Waals surface area contributed by atoms with Gasteiger partial charge in [-0.2, -0.15) is 0 Å². The number of guanidine groups is 1. The van der Waals surface area contributed by atoms with Crippen LogP contribution in [0.3, 0.4) is 0 Å². The summed E-state index contributed by atoms with van der Waals surface area (Å²) >= 11 is 0. The Kier molecular flexibility index (Phi) is 7.61. The Hall–Kier alpha value is -1.75. The Bertz CT molecular complexity index is 432. The van der Waals surface area contributed by atoms with Crippen molar-refractivity contribution in [1.82, 2.24) is 10.6 Å². The van der Waals surface area contributed by atoms with Crippen LogP contribution in [0.15, 0.2) is 29.3 Å². The summed E-state index contributed by atoms with van der Waals surface area (Å²) in [4.78, 5) is 4.18. The zero-order valence-electron chi connectivity index (χ0n) is 13.6. The van der Waals surface area contributed by atoms with Gasteiger partial charge in [-0.15, -0.1) is 0 Å². The van der Waals surface area contributed by atoms with Crippen LogP contribution >= 0.6 is 0 Å². The molecular weight excluding hydrogens is 266 g/mol. The average molecular weight is 293 g/mol. The minimum Gasteiger partial charge on any atom is -0.489 e. The molecule has 0 aliphatic rings. The molecule has 118 valence electrons. The summed E-state index contributed by atoms with van der Waals surface area (Å²) in [5.74, 6) is 1.63. The van der Waals surface area contributed by atoms with Crippen LogP contribution in [0.1, 0.15) is 19.4 Å². The standard InChI is InChI=1S/C16H27N3O2/c1-12-6-8-15(9-7-12)21-14(3)10-18-16(17-4)19-13(2)11-20-5/h6-9,13-14H,10-11H2,1-5H3,(H2,17,18,19). The number of aliphatic imine (C=N–C) groups is 1. The molecule has 5 nitrogen and oxygen atoms in total. The molecule has 0 amide bonds. The summed E-state index contributed by atoms with van der Waals surface area (Å²) < 4.78 is 10.9. The van der Waals surface area contributed by atoms with E-state index in [1.165, 1.54) is 5.56 Å². The van der Waals surface area contributed by atoms with Crippen LogP contribution in [0.4, 0.5) is 0 Å². The Balaban J connectivity index is 2.36. The quantitative estimate of drug-likeness (QED) is 0.596. The summed E-state index contributed by atoms with van der Waals surface area (Å²) in [6.07, 6.45) is 0.0454. The molecule has 2 atom stereocenters.